The fourth-order valence-corrected chi connectivity index (χ4v) is 3.74. The molecule has 0 saturated carbocycles. The largest absolute Gasteiger partial charge is 0.427 e. The van der Waals surface area contributed by atoms with E-state index in [0.29, 0.717) is 5.69 Å². The van der Waals surface area contributed by atoms with Gasteiger partial charge in [-0.2, -0.15) is 0 Å². The van der Waals surface area contributed by atoms with Gasteiger partial charge in [-0.25, -0.2) is 9.69 Å². The summed E-state index contributed by atoms with van der Waals surface area (Å²) in [5.74, 6) is -0.481. The molecule has 5 nitrogen and oxygen atoms in total. The van der Waals surface area contributed by atoms with Gasteiger partial charge >= 0.3 is 12.0 Å². The Morgan fingerprint density at radius 3 is 1.64 bits per heavy atom. The van der Waals surface area contributed by atoms with Crippen LogP contribution in [-0.2, 0) is 9.53 Å². The summed E-state index contributed by atoms with van der Waals surface area (Å²) in [7, 11) is 0. The summed E-state index contributed by atoms with van der Waals surface area (Å²) in [5, 5.41) is 0. The molecule has 33 heavy (non-hydrogen) atoms. The Hall–Kier alpha value is -4.64. The third-order valence-electron chi connectivity index (χ3n) is 5.29. The van der Waals surface area contributed by atoms with E-state index in [4.69, 9.17) is 4.74 Å². The topological polar surface area (TPSA) is 49.9 Å². The summed E-state index contributed by atoms with van der Waals surface area (Å²) in [5.41, 5.74) is 4.27. The van der Waals surface area contributed by atoms with E-state index >= 15 is 0 Å². The molecule has 2 amide bonds. The second-order valence-electron chi connectivity index (χ2n) is 7.45. The van der Waals surface area contributed by atoms with Gasteiger partial charge in [0.05, 0.1) is 5.69 Å². The summed E-state index contributed by atoms with van der Waals surface area (Å²) in [6.07, 6.45) is 0.885. The van der Waals surface area contributed by atoms with E-state index in [1.54, 1.807) is 30.3 Å². The van der Waals surface area contributed by atoms with Gasteiger partial charge in [-0.15, -0.1) is 0 Å². The van der Waals surface area contributed by atoms with Crippen molar-refractivity contribution in [3.05, 3.63) is 127 Å². The molecule has 4 aromatic rings. The van der Waals surface area contributed by atoms with E-state index in [0.717, 1.165) is 27.5 Å². The zero-order chi connectivity index (χ0) is 22.6. The van der Waals surface area contributed by atoms with Crippen molar-refractivity contribution in [3.63, 3.8) is 0 Å². The highest BCUT2D eigenvalue weighted by molar-refractivity contribution is 6.24. The smallest absolute Gasteiger partial charge is 0.404 e. The number of nitrogens with zero attached hydrogens (tertiary/aromatic N) is 2. The predicted octanol–water partition coefficient (Wildman–Crippen LogP) is 6.68. The van der Waals surface area contributed by atoms with Crippen LogP contribution in [0.2, 0.25) is 0 Å². The van der Waals surface area contributed by atoms with Crippen LogP contribution < -0.4 is 9.80 Å². The van der Waals surface area contributed by atoms with Crippen LogP contribution in [0.5, 0.6) is 0 Å². The fourth-order valence-electron chi connectivity index (χ4n) is 3.74. The van der Waals surface area contributed by atoms with Crippen molar-refractivity contribution < 1.29 is 14.3 Å². The first kappa shape index (κ1) is 20.3. The van der Waals surface area contributed by atoms with Crippen LogP contribution in [0.3, 0.4) is 0 Å². The Labute approximate surface area is 191 Å². The molecule has 1 fully saturated rings. The predicted molar refractivity (Wildman–Crippen MR) is 130 cm³/mol. The van der Waals surface area contributed by atoms with Crippen LogP contribution in [0.4, 0.5) is 27.5 Å². The Morgan fingerprint density at radius 2 is 1.09 bits per heavy atom. The fraction of sp³-hybridized carbons (Fsp3) is 0. The van der Waals surface area contributed by atoms with E-state index in [1.165, 1.54) is 0 Å². The maximum absolute atomic E-state index is 12.8. The number of cyclic esters (lactones) is 1. The van der Waals surface area contributed by atoms with Crippen LogP contribution in [0.1, 0.15) is 5.56 Å². The van der Waals surface area contributed by atoms with Crippen LogP contribution in [0, 0.1) is 0 Å². The van der Waals surface area contributed by atoms with Crippen molar-refractivity contribution in [2.75, 3.05) is 9.80 Å². The number of ether oxygens (including phenoxy) is 1. The minimum Gasteiger partial charge on any atom is -0.404 e. The van der Waals surface area contributed by atoms with Gasteiger partial charge in [0.1, 0.15) is 0 Å². The lowest BCUT2D eigenvalue weighted by Gasteiger charge is -2.25. The van der Waals surface area contributed by atoms with Crippen molar-refractivity contribution in [2.45, 2.75) is 0 Å². The van der Waals surface area contributed by atoms with Gasteiger partial charge in [-0.3, -0.25) is 4.79 Å². The molecule has 160 valence electrons. The third kappa shape index (κ3) is 4.12. The number of anilines is 4. The molecule has 0 radical (unpaired) electrons. The highest BCUT2D eigenvalue weighted by atomic mass is 16.6. The Morgan fingerprint density at radius 1 is 0.606 bits per heavy atom. The lowest BCUT2D eigenvalue weighted by atomic mass is 10.1. The van der Waals surface area contributed by atoms with E-state index in [1.807, 2.05) is 66.7 Å². The normalized spacial score (nSPS) is 14.4. The highest BCUT2D eigenvalue weighted by Gasteiger charge is 2.37. The van der Waals surface area contributed by atoms with Crippen LogP contribution in [-0.4, -0.2) is 12.0 Å². The number of benzene rings is 4. The zero-order valence-corrected chi connectivity index (χ0v) is 17.7. The molecule has 5 rings (SSSR count). The maximum atomic E-state index is 12.8. The number of para-hydroxylation sites is 3. The molecule has 5 heteroatoms. The number of carbonyl (C=O) groups excluding carboxylic acids is 2. The second kappa shape index (κ2) is 8.85. The van der Waals surface area contributed by atoms with Crippen molar-refractivity contribution >= 4 is 40.8 Å². The van der Waals surface area contributed by atoms with Gasteiger partial charge in [0, 0.05) is 17.1 Å². The lowest BCUT2D eigenvalue weighted by Crippen LogP contribution is -2.28. The molecular formula is C28H20N2O3. The Kier molecular flexibility index (Phi) is 5.43. The zero-order valence-electron chi connectivity index (χ0n) is 17.7. The average molecular weight is 432 g/mol. The van der Waals surface area contributed by atoms with Gasteiger partial charge in [-0.1, -0.05) is 66.7 Å². The van der Waals surface area contributed by atoms with Crippen molar-refractivity contribution in [2.24, 2.45) is 0 Å². The van der Waals surface area contributed by atoms with Crippen molar-refractivity contribution in [1.29, 1.82) is 0 Å². The summed E-state index contributed by atoms with van der Waals surface area (Å²) in [6.45, 7) is 0. The third-order valence-corrected chi connectivity index (χ3v) is 5.29. The summed E-state index contributed by atoms with van der Waals surface area (Å²) in [4.78, 5) is 28.2. The Balaban J connectivity index is 1.44. The molecular weight excluding hydrogens is 412 g/mol. The molecule has 0 bridgehead atoms. The van der Waals surface area contributed by atoms with Crippen LogP contribution in [0.15, 0.2) is 121 Å². The van der Waals surface area contributed by atoms with E-state index in [2.05, 4.69) is 29.2 Å². The van der Waals surface area contributed by atoms with E-state index in [9.17, 15) is 9.59 Å². The molecule has 1 heterocycles. The molecule has 0 aliphatic carbocycles. The van der Waals surface area contributed by atoms with Gasteiger partial charge < -0.3 is 9.64 Å². The quantitative estimate of drug-likeness (QED) is 0.330. The molecule has 1 aliphatic rings. The SMILES string of the molecule is O=C1OC(=Cc2ccc(N(c3ccccc3)c3ccccc3)cc2)C(=O)N1c1ccccc1. The molecule has 0 N–H and O–H groups in total. The molecule has 0 atom stereocenters. The first-order valence-corrected chi connectivity index (χ1v) is 10.5. The van der Waals surface area contributed by atoms with Gasteiger partial charge in [0.2, 0.25) is 0 Å². The first-order chi connectivity index (χ1) is 16.2. The first-order valence-electron chi connectivity index (χ1n) is 10.5. The van der Waals surface area contributed by atoms with Gasteiger partial charge in [-0.05, 0) is 60.2 Å². The maximum Gasteiger partial charge on any atom is 0.427 e. The van der Waals surface area contributed by atoms with E-state index in [-0.39, 0.29) is 5.76 Å². The minimum atomic E-state index is -0.701. The Bertz CT molecular complexity index is 1260. The van der Waals surface area contributed by atoms with Crippen LogP contribution in [0.25, 0.3) is 6.08 Å². The minimum absolute atomic E-state index is 0.000391. The van der Waals surface area contributed by atoms with Crippen molar-refractivity contribution in [1.82, 2.24) is 0 Å². The molecule has 4 aromatic carbocycles. The molecule has 1 saturated heterocycles. The molecule has 0 aromatic heterocycles. The van der Waals surface area contributed by atoms with Crippen molar-refractivity contribution in [3.8, 4) is 0 Å². The van der Waals surface area contributed by atoms with Crippen LogP contribution >= 0.6 is 0 Å². The highest BCUT2D eigenvalue weighted by Crippen LogP contribution is 2.34. The summed E-state index contributed by atoms with van der Waals surface area (Å²) in [6, 6.07) is 36.7. The number of hydrogen-bond donors (Lipinski definition) is 0. The summed E-state index contributed by atoms with van der Waals surface area (Å²) < 4.78 is 5.25. The summed E-state index contributed by atoms with van der Waals surface area (Å²) >= 11 is 0. The number of hydrogen-bond acceptors (Lipinski definition) is 4. The molecule has 1 aliphatic heterocycles. The molecule has 0 unspecified atom stereocenters. The number of amides is 2. The van der Waals surface area contributed by atoms with Gasteiger partial charge in [0.15, 0.2) is 5.76 Å². The number of carbonyl (C=O) groups is 2. The average Bonchev–Trinajstić information content (AvgIpc) is 3.14. The van der Waals surface area contributed by atoms with Gasteiger partial charge in [0.25, 0.3) is 0 Å². The lowest BCUT2D eigenvalue weighted by molar-refractivity contribution is -0.114. The monoisotopic (exact) mass is 432 g/mol. The molecule has 0 spiro atoms. The standard InChI is InChI=1S/C28H20N2O3/c31-27-26(33-28(32)30(27)24-14-8-3-9-15-24)20-21-16-18-25(19-17-21)29(22-10-4-1-5-11-22)23-12-6-2-7-13-23/h1-20H. The van der Waals surface area contributed by atoms with E-state index < -0.39 is 12.0 Å². The number of rotatable bonds is 5. The number of imide groups is 1. The second-order valence-corrected chi connectivity index (χ2v) is 7.45.